The maximum Gasteiger partial charge on any atom is 0.227 e. The minimum Gasteiger partial charge on any atom is -0.455 e. The first kappa shape index (κ1) is 14.6. The van der Waals surface area contributed by atoms with Gasteiger partial charge in [-0.15, -0.1) is 0 Å². The van der Waals surface area contributed by atoms with Gasteiger partial charge >= 0.3 is 0 Å². The topological polar surface area (TPSA) is 47.6 Å². The van der Waals surface area contributed by atoms with Crippen LogP contribution >= 0.6 is 0 Å². The first-order valence-corrected chi connectivity index (χ1v) is 7.54. The van der Waals surface area contributed by atoms with E-state index in [1.54, 1.807) is 0 Å². The molecular weight excluding hydrogens is 278 g/mol. The minimum atomic E-state index is -0.0454. The molecule has 0 spiro atoms. The summed E-state index contributed by atoms with van der Waals surface area (Å²) >= 11 is 0. The Morgan fingerprint density at radius 2 is 1.91 bits per heavy atom. The fourth-order valence-corrected chi connectivity index (χ4v) is 2.49. The normalized spacial score (nSPS) is 17.2. The van der Waals surface area contributed by atoms with Gasteiger partial charge in [0.25, 0.3) is 0 Å². The average Bonchev–Trinajstić information content (AvgIpc) is 3.03. The number of carbonyl (C=O) groups excluding carboxylic acids is 1. The summed E-state index contributed by atoms with van der Waals surface area (Å²) in [6.07, 6.45) is 2.42. The lowest BCUT2D eigenvalue weighted by molar-refractivity contribution is -0.118. The van der Waals surface area contributed by atoms with Crippen molar-refractivity contribution in [2.45, 2.75) is 25.4 Å². The predicted octanol–water partition coefficient (Wildman–Crippen LogP) is 3.99. The maximum atomic E-state index is 12.1. The second kappa shape index (κ2) is 7.09. The van der Waals surface area contributed by atoms with Gasteiger partial charge in [0, 0.05) is 6.61 Å². The van der Waals surface area contributed by atoms with Gasteiger partial charge in [-0.2, -0.15) is 0 Å². The summed E-state index contributed by atoms with van der Waals surface area (Å²) in [5, 5.41) is 2.91. The van der Waals surface area contributed by atoms with Crippen LogP contribution in [0.5, 0.6) is 11.5 Å². The molecular formula is C18H19NO3. The molecule has 22 heavy (non-hydrogen) atoms. The van der Waals surface area contributed by atoms with E-state index in [2.05, 4.69) is 5.32 Å². The van der Waals surface area contributed by atoms with Crippen LogP contribution in [-0.2, 0) is 9.53 Å². The molecule has 0 bridgehead atoms. The van der Waals surface area contributed by atoms with E-state index < -0.39 is 0 Å². The van der Waals surface area contributed by atoms with Crippen molar-refractivity contribution < 1.29 is 14.3 Å². The highest BCUT2D eigenvalue weighted by Crippen LogP contribution is 2.29. The highest BCUT2D eigenvalue weighted by atomic mass is 16.5. The first-order chi connectivity index (χ1) is 10.8. The van der Waals surface area contributed by atoms with Gasteiger partial charge in [-0.3, -0.25) is 4.79 Å². The van der Waals surface area contributed by atoms with Crippen LogP contribution in [0.25, 0.3) is 0 Å². The predicted molar refractivity (Wildman–Crippen MR) is 85.2 cm³/mol. The summed E-state index contributed by atoms with van der Waals surface area (Å²) < 4.78 is 11.3. The third-order valence-corrected chi connectivity index (χ3v) is 3.57. The summed E-state index contributed by atoms with van der Waals surface area (Å²) in [4.78, 5) is 12.1. The molecule has 4 heteroatoms. The first-order valence-electron chi connectivity index (χ1n) is 7.54. The standard InChI is InChI=1S/C18H19NO3/c20-18(13-15-9-6-12-21-15)19-16-10-4-5-11-17(16)22-14-7-2-1-3-8-14/h1-5,7-8,10-11,15H,6,9,12-13H2,(H,19,20). The van der Waals surface area contributed by atoms with Gasteiger partial charge in [0.15, 0.2) is 5.75 Å². The number of anilines is 1. The Balaban J connectivity index is 1.66. The number of hydrogen-bond acceptors (Lipinski definition) is 3. The SMILES string of the molecule is O=C(CC1CCCO1)Nc1ccccc1Oc1ccccc1. The number of hydrogen-bond donors (Lipinski definition) is 1. The molecule has 114 valence electrons. The second-order valence-electron chi connectivity index (χ2n) is 5.30. The van der Waals surface area contributed by atoms with E-state index in [1.165, 1.54) is 0 Å². The average molecular weight is 297 g/mol. The van der Waals surface area contributed by atoms with Crippen molar-refractivity contribution in [3.8, 4) is 11.5 Å². The van der Waals surface area contributed by atoms with Crippen molar-refractivity contribution >= 4 is 11.6 Å². The Bertz CT molecular complexity index is 621. The Labute approximate surface area is 130 Å². The third kappa shape index (κ3) is 3.86. The number of nitrogens with one attached hydrogen (secondary N) is 1. The maximum absolute atomic E-state index is 12.1. The lowest BCUT2D eigenvalue weighted by Crippen LogP contribution is -2.19. The lowest BCUT2D eigenvalue weighted by Gasteiger charge is -2.13. The van der Waals surface area contributed by atoms with E-state index in [1.807, 2.05) is 54.6 Å². The molecule has 0 aromatic heterocycles. The molecule has 2 aromatic rings. The van der Waals surface area contributed by atoms with E-state index >= 15 is 0 Å². The van der Waals surface area contributed by atoms with Crippen molar-refractivity contribution in [2.24, 2.45) is 0 Å². The summed E-state index contributed by atoms with van der Waals surface area (Å²) in [6, 6.07) is 17.0. The molecule has 1 unspecified atom stereocenters. The van der Waals surface area contributed by atoms with Gasteiger partial charge in [-0.25, -0.2) is 0 Å². The number of rotatable bonds is 5. The number of carbonyl (C=O) groups is 1. The molecule has 1 amide bonds. The molecule has 1 aliphatic rings. The monoisotopic (exact) mass is 297 g/mol. The summed E-state index contributed by atoms with van der Waals surface area (Å²) in [7, 11) is 0. The second-order valence-corrected chi connectivity index (χ2v) is 5.30. The van der Waals surface area contributed by atoms with Crippen LogP contribution in [0.1, 0.15) is 19.3 Å². The van der Waals surface area contributed by atoms with Gasteiger partial charge in [-0.05, 0) is 37.1 Å². The summed E-state index contributed by atoms with van der Waals surface area (Å²) in [5.41, 5.74) is 0.675. The fraction of sp³-hybridized carbons (Fsp3) is 0.278. The highest BCUT2D eigenvalue weighted by molar-refractivity contribution is 5.92. The molecule has 3 rings (SSSR count). The molecule has 1 fully saturated rings. The largest absolute Gasteiger partial charge is 0.455 e. The van der Waals surface area contributed by atoms with E-state index in [4.69, 9.17) is 9.47 Å². The quantitative estimate of drug-likeness (QED) is 0.908. The van der Waals surface area contributed by atoms with Crippen molar-refractivity contribution in [3.63, 3.8) is 0 Å². The molecule has 1 atom stereocenters. The van der Waals surface area contributed by atoms with Crippen molar-refractivity contribution in [2.75, 3.05) is 11.9 Å². The van der Waals surface area contributed by atoms with E-state index in [9.17, 15) is 4.79 Å². The molecule has 1 aliphatic heterocycles. The lowest BCUT2D eigenvalue weighted by atomic mass is 10.1. The van der Waals surface area contributed by atoms with Crippen LogP contribution in [0.2, 0.25) is 0 Å². The summed E-state index contributed by atoms with van der Waals surface area (Å²) in [5.74, 6) is 1.33. The van der Waals surface area contributed by atoms with Crippen molar-refractivity contribution in [1.82, 2.24) is 0 Å². The Morgan fingerprint density at radius 3 is 2.68 bits per heavy atom. The fourth-order valence-electron chi connectivity index (χ4n) is 2.49. The van der Waals surface area contributed by atoms with Gasteiger partial charge < -0.3 is 14.8 Å². The van der Waals surface area contributed by atoms with Crippen LogP contribution in [0.4, 0.5) is 5.69 Å². The Morgan fingerprint density at radius 1 is 1.14 bits per heavy atom. The number of amides is 1. The minimum absolute atomic E-state index is 0.0437. The Hall–Kier alpha value is -2.33. The number of ether oxygens (including phenoxy) is 2. The zero-order chi connectivity index (χ0) is 15.2. The zero-order valence-corrected chi connectivity index (χ0v) is 12.3. The van der Waals surface area contributed by atoms with E-state index in [-0.39, 0.29) is 12.0 Å². The van der Waals surface area contributed by atoms with Crippen molar-refractivity contribution in [3.05, 3.63) is 54.6 Å². The van der Waals surface area contributed by atoms with Gasteiger partial charge in [0.05, 0.1) is 18.2 Å². The molecule has 2 aromatic carbocycles. The molecule has 4 nitrogen and oxygen atoms in total. The molecule has 1 saturated heterocycles. The molecule has 0 aliphatic carbocycles. The zero-order valence-electron chi connectivity index (χ0n) is 12.3. The van der Waals surface area contributed by atoms with Gasteiger partial charge in [0.2, 0.25) is 5.91 Å². The smallest absolute Gasteiger partial charge is 0.227 e. The van der Waals surface area contributed by atoms with Gasteiger partial charge in [0.1, 0.15) is 5.75 Å². The Kier molecular flexibility index (Phi) is 4.71. The van der Waals surface area contributed by atoms with Crippen molar-refractivity contribution in [1.29, 1.82) is 0 Å². The van der Waals surface area contributed by atoms with Crippen LogP contribution in [0.3, 0.4) is 0 Å². The van der Waals surface area contributed by atoms with E-state index in [0.717, 1.165) is 25.2 Å². The van der Waals surface area contributed by atoms with Crippen LogP contribution in [-0.4, -0.2) is 18.6 Å². The third-order valence-electron chi connectivity index (χ3n) is 3.57. The molecule has 0 radical (unpaired) electrons. The number of benzene rings is 2. The van der Waals surface area contributed by atoms with Crippen LogP contribution in [0, 0.1) is 0 Å². The van der Waals surface area contributed by atoms with E-state index in [0.29, 0.717) is 17.9 Å². The molecule has 0 saturated carbocycles. The number of para-hydroxylation sites is 3. The molecule has 1 N–H and O–H groups in total. The summed E-state index contributed by atoms with van der Waals surface area (Å²) in [6.45, 7) is 0.756. The van der Waals surface area contributed by atoms with Crippen LogP contribution < -0.4 is 10.1 Å². The van der Waals surface area contributed by atoms with Gasteiger partial charge in [-0.1, -0.05) is 30.3 Å². The molecule has 1 heterocycles. The highest BCUT2D eigenvalue weighted by Gasteiger charge is 2.19. The van der Waals surface area contributed by atoms with Crippen LogP contribution in [0.15, 0.2) is 54.6 Å².